The minimum atomic E-state index is -4.59. The molecule has 0 saturated carbocycles. The Morgan fingerprint density at radius 1 is 0.815 bits per heavy atom. The quantitative estimate of drug-likeness (QED) is 0.104. The number of rotatable bonds is 19. The topological polar surface area (TPSA) is 66.4 Å². The SMILES string of the molecule is CCCCC/C=C/C(CCCCCCCCCCCC)COS(=O)(=O)[O-].[K+]. The van der Waals surface area contributed by atoms with Gasteiger partial charge in [-0.15, -0.1) is 0 Å². The Balaban J connectivity index is 0. The van der Waals surface area contributed by atoms with E-state index in [1.54, 1.807) is 0 Å². The van der Waals surface area contributed by atoms with Crippen molar-refractivity contribution in [2.45, 2.75) is 110 Å². The van der Waals surface area contributed by atoms with Gasteiger partial charge < -0.3 is 4.55 Å². The molecule has 1 unspecified atom stereocenters. The molecule has 0 aliphatic heterocycles. The summed E-state index contributed by atoms with van der Waals surface area (Å²) in [5, 5.41) is 0. The van der Waals surface area contributed by atoms with Gasteiger partial charge in [0.25, 0.3) is 0 Å². The molecule has 0 fully saturated rings. The van der Waals surface area contributed by atoms with E-state index in [9.17, 15) is 13.0 Å². The zero-order valence-corrected chi connectivity index (χ0v) is 22.0. The van der Waals surface area contributed by atoms with Crippen molar-refractivity contribution in [2.24, 2.45) is 5.92 Å². The smallest absolute Gasteiger partial charge is 0.726 e. The van der Waals surface area contributed by atoms with Gasteiger partial charge in [0, 0.05) is 5.92 Å². The minimum Gasteiger partial charge on any atom is -0.726 e. The molecule has 1 atom stereocenters. The second-order valence-corrected chi connectivity index (χ2v) is 8.40. The largest absolute Gasteiger partial charge is 1.00 e. The summed E-state index contributed by atoms with van der Waals surface area (Å²) >= 11 is 0. The standard InChI is InChI=1S/C21H42O4S.K/c1-3-5-7-9-10-11-12-13-15-17-19-21(20-25-26(22,23)24)18-16-14-8-6-4-2;/h16,18,21H,3-15,17,19-20H2,1-2H3,(H,22,23,24);/q;+1/p-1/b18-16+;. The zero-order chi connectivity index (χ0) is 19.5. The monoisotopic (exact) mass is 428 g/mol. The molecule has 0 radical (unpaired) electrons. The molecular formula is C21H41KO4S. The minimum absolute atomic E-state index is 0. The van der Waals surface area contributed by atoms with Gasteiger partial charge in [-0.1, -0.05) is 103 Å². The van der Waals surface area contributed by atoms with Crippen LogP contribution in [0.1, 0.15) is 110 Å². The van der Waals surface area contributed by atoms with E-state index < -0.39 is 10.4 Å². The molecule has 4 nitrogen and oxygen atoms in total. The molecule has 0 aliphatic rings. The van der Waals surface area contributed by atoms with Crippen molar-refractivity contribution in [2.75, 3.05) is 6.61 Å². The van der Waals surface area contributed by atoms with Gasteiger partial charge in [0.05, 0.1) is 6.61 Å². The van der Waals surface area contributed by atoms with Gasteiger partial charge >= 0.3 is 51.4 Å². The first-order chi connectivity index (χ1) is 12.5. The van der Waals surface area contributed by atoms with E-state index in [1.807, 2.05) is 6.08 Å². The van der Waals surface area contributed by atoms with Gasteiger partial charge in [0.15, 0.2) is 0 Å². The number of hydrogen-bond donors (Lipinski definition) is 0. The molecule has 0 bridgehead atoms. The Morgan fingerprint density at radius 3 is 1.81 bits per heavy atom. The van der Waals surface area contributed by atoms with Crippen LogP contribution in [0.25, 0.3) is 0 Å². The molecule has 0 aromatic heterocycles. The first-order valence-corrected chi connectivity index (χ1v) is 12.1. The van der Waals surface area contributed by atoms with Gasteiger partial charge in [-0.25, -0.2) is 8.42 Å². The molecule has 0 heterocycles. The van der Waals surface area contributed by atoms with Crippen LogP contribution in [0.4, 0.5) is 0 Å². The molecule has 0 rings (SSSR count). The van der Waals surface area contributed by atoms with Crippen molar-refractivity contribution in [1.82, 2.24) is 0 Å². The van der Waals surface area contributed by atoms with Crippen LogP contribution in [0.3, 0.4) is 0 Å². The first-order valence-electron chi connectivity index (χ1n) is 10.8. The van der Waals surface area contributed by atoms with Crippen LogP contribution in [0.5, 0.6) is 0 Å². The van der Waals surface area contributed by atoms with Gasteiger partial charge in [0.1, 0.15) is 0 Å². The van der Waals surface area contributed by atoms with E-state index in [0.717, 1.165) is 25.7 Å². The molecule has 156 valence electrons. The fraction of sp³-hybridized carbons (Fsp3) is 0.905. The number of hydrogen-bond acceptors (Lipinski definition) is 4. The van der Waals surface area contributed by atoms with Crippen LogP contribution in [-0.4, -0.2) is 19.6 Å². The molecule has 0 aliphatic carbocycles. The third-order valence-corrected chi connectivity index (χ3v) is 5.16. The van der Waals surface area contributed by atoms with Crippen LogP contribution >= 0.6 is 0 Å². The van der Waals surface area contributed by atoms with Crippen molar-refractivity contribution >= 4 is 10.4 Å². The summed E-state index contributed by atoms with van der Waals surface area (Å²) in [5.41, 5.74) is 0. The molecule has 27 heavy (non-hydrogen) atoms. The van der Waals surface area contributed by atoms with Gasteiger partial charge in [-0.2, -0.15) is 0 Å². The normalized spacial score (nSPS) is 13.0. The third kappa shape index (κ3) is 25.2. The van der Waals surface area contributed by atoms with E-state index in [1.165, 1.54) is 70.6 Å². The van der Waals surface area contributed by atoms with Crippen molar-refractivity contribution in [3.8, 4) is 0 Å². The molecule has 0 spiro atoms. The fourth-order valence-corrected chi connectivity index (χ4v) is 3.44. The molecule has 0 aromatic rings. The van der Waals surface area contributed by atoms with Crippen molar-refractivity contribution in [3.63, 3.8) is 0 Å². The molecule has 0 amide bonds. The van der Waals surface area contributed by atoms with E-state index in [-0.39, 0.29) is 63.9 Å². The summed E-state index contributed by atoms with van der Waals surface area (Å²) in [4.78, 5) is 0. The Labute approximate surface area is 211 Å². The maximum Gasteiger partial charge on any atom is 1.00 e. The first kappa shape index (κ1) is 30.4. The number of allylic oxidation sites excluding steroid dienone is 1. The van der Waals surface area contributed by atoms with Gasteiger partial charge in [0.2, 0.25) is 10.4 Å². The van der Waals surface area contributed by atoms with E-state index in [2.05, 4.69) is 24.1 Å². The second-order valence-electron chi connectivity index (χ2n) is 7.35. The maximum absolute atomic E-state index is 10.7. The molecule has 0 N–H and O–H groups in total. The third-order valence-electron chi connectivity index (χ3n) is 4.74. The van der Waals surface area contributed by atoms with Crippen LogP contribution in [0, 0.1) is 5.92 Å². The van der Waals surface area contributed by atoms with Crippen molar-refractivity contribution in [1.29, 1.82) is 0 Å². The summed E-state index contributed by atoms with van der Waals surface area (Å²) in [6.07, 6.45) is 22.4. The van der Waals surface area contributed by atoms with Crippen LogP contribution in [0.15, 0.2) is 12.2 Å². The molecule has 6 heteroatoms. The summed E-state index contributed by atoms with van der Waals surface area (Å²) < 4.78 is 36.6. The van der Waals surface area contributed by atoms with Crippen molar-refractivity contribution in [3.05, 3.63) is 12.2 Å². The van der Waals surface area contributed by atoms with Crippen LogP contribution < -0.4 is 51.4 Å². The van der Waals surface area contributed by atoms with E-state index >= 15 is 0 Å². The summed E-state index contributed by atoms with van der Waals surface area (Å²) in [6, 6.07) is 0. The zero-order valence-electron chi connectivity index (χ0n) is 18.1. The summed E-state index contributed by atoms with van der Waals surface area (Å²) in [5.74, 6) is 0.0226. The average Bonchev–Trinajstić information content (AvgIpc) is 2.59. The summed E-state index contributed by atoms with van der Waals surface area (Å²) in [6.45, 7) is 4.39. The Morgan fingerprint density at radius 2 is 1.30 bits per heavy atom. The Kier molecular flexibility index (Phi) is 24.7. The molecule has 0 aromatic carbocycles. The molecular weight excluding hydrogens is 387 g/mol. The molecule has 0 saturated heterocycles. The van der Waals surface area contributed by atoms with Crippen molar-refractivity contribution < 1.29 is 68.5 Å². The van der Waals surface area contributed by atoms with Crippen LogP contribution in [0.2, 0.25) is 0 Å². The number of unbranched alkanes of at least 4 members (excludes halogenated alkanes) is 12. The predicted molar refractivity (Wildman–Crippen MR) is 109 cm³/mol. The van der Waals surface area contributed by atoms with E-state index in [4.69, 9.17) is 0 Å². The summed E-state index contributed by atoms with van der Waals surface area (Å²) in [7, 11) is -4.59. The average molecular weight is 429 g/mol. The van der Waals surface area contributed by atoms with Crippen LogP contribution in [-0.2, 0) is 14.6 Å². The second kappa shape index (κ2) is 21.9. The Bertz CT molecular complexity index is 424. The predicted octanol–water partition coefficient (Wildman–Crippen LogP) is 3.53. The van der Waals surface area contributed by atoms with E-state index in [0.29, 0.717) is 0 Å². The fourth-order valence-electron chi connectivity index (χ4n) is 3.10. The Hall–Kier alpha value is 1.25. The van der Waals surface area contributed by atoms with Gasteiger partial charge in [-0.05, 0) is 19.3 Å². The maximum atomic E-state index is 10.7. The van der Waals surface area contributed by atoms with Gasteiger partial charge in [-0.3, -0.25) is 4.18 Å².